The zero-order valence-corrected chi connectivity index (χ0v) is 7.87. The first kappa shape index (κ1) is 10.5. The van der Waals surface area contributed by atoms with Crippen molar-refractivity contribution in [2.45, 2.75) is 12.6 Å². The summed E-state index contributed by atoms with van der Waals surface area (Å²) in [6, 6.07) is 6.77. The SMILES string of the molecule is COC(=O)C(F)Cc1cccc(N)c1. The number of halogens is 1. The molecule has 76 valence electrons. The summed E-state index contributed by atoms with van der Waals surface area (Å²) in [6.07, 6.45) is -1.63. The Bertz CT molecular complexity index is 328. The number of hydrogen-bond donors (Lipinski definition) is 1. The molecule has 2 N–H and O–H groups in total. The molecular weight excluding hydrogens is 185 g/mol. The quantitative estimate of drug-likeness (QED) is 0.587. The van der Waals surface area contributed by atoms with Crippen LogP contribution in [0.3, 0.4) is 0 Å². The fraction of sp³-hybridized carbons (Fsp3) is 0.300. The van der Waals surface area contributed by atoms with E-state index in [9.17, 15) is 9.18 Å². The Labute approximate surface area is 81.7 Å². The lowest BCUT2D eigenvalue weighted by Gasteiger charge is -2.06. The van der Waals surface area contributed by atoms with Crippen molar-refractivity contribution < 1.29 is 13.9 Å². The molecule has 0 radical (unpaired) electrons. The minimum atomic E-state index is -1.62. The minimum Gasteiger partial charge on any atom is -0.467 e. The van der Waals surface area contributed by atoms with Crippen LogP contribution >= 0.6 is 0 Å². The van der Waals surface area contributed by atoms with Crippen molar-refractivity contribution >= 4 is 11.7 Å². The maximum absolute atomic E-state index is 13.1. The predicted octanol–water partition coefficient (Wildman–Crippen LogP) is 1.32. The molecule has 1 rings (SSSR count). The highest BCUT2D eigenvalue weighted by Crippen LogP contribution is 2.11. The minimum absolute atomic E-state index is 0.00227. The predicted molar refractivity (Wildman–Crippen MR) is 51.5 cm³/mol. The molecule has 0 heterocycles. The summed E-state index contributed by atoms with van der Waals surface area (Å²) in [7, 11) is 1.16. The third-order valence-electron chi connectivity index (χ3n) is 1.82. The molecule has 0 aliphatic rings. The van der Waals surface area contributed by atoms with E-state index in [0.717, 1.165) is 7.11 Å². The van der Waals surface area contributed by atoms with E-state index in [-0.39, 0.29) is 6.42 Å². The molecule has 0 aliphatic heterocycles. The Kier molecular flexibility index (Phi) is 3.45. The van der Waals surface area contributed by atoms with Crippen molar-refractivity contribution in [3.05, 3.63) is 29.8 Å². The van der Waals surface area contributed by atoms with E-state index in [0.29, 0.717) is 11.3 Å². The fourth-order valence-electron chi connectivity index (χ4n) is 1.14. The Morgan fingerprint density at radius 3 is 2.93 bits per heavy atom. The Hall–Kier alpha value is -1.58. The van der Waals surface area contributed by atoms with Gasteiger partial charge in [0.25, 0.3) is 0 Å². The zero-order valence-electron chi connectivity index (χ0n) is 7.87. The van der Waals surface area contributed by atoms with Crippen LogP contribution in [-0.4, -0.2) is 19.3 Å². The summed E-state index contributed by atoms with van der Waals surface area (Å²) in [5.74, 6) is -0.854. The standard InChI is InChI=1S/C10H12FNO2/c1-14-10(13)9(11)6-7-3-2-4-8(12)5-7/h2-5,9H,6,12H2,1H3. The van der Waals surface area contributed by atoms with Gasteiger partial charge < -0.3 is 10.5 Å². The van der Waals surface area contributed by atoms with Gasteiger partial charge in [-0.25, -0.2) is 9.18 Å². The lowest BCUT2D eigenvalue weighted by atomic mass is 10.1. The summed E-state index contributed by atoms with van der Waals surface area (Å²) in [5, 5.41) is 0. The van der Waals surface area contributed by atoms with E-state index in [1.54, 1.807) is 24.3 Å². The molecule has 0 bridgehead atoms. The van der Waals surface area contributed by atoms with Crippen molar-refractivity contribution in [1.82, 2.24) is 0 Å². The van der Waals surface area contributed by atoms with Crippen molar-refractivity contribution in [1.29, 1.82) is 0 Å². The fourth-order valence-corrected chi connectivity index (χ4v) is 1.14. The van der Waals surface area contributed by atoms with Crippen LogP contribution in [0.15, 0.2) is 24.3 Å². The summed E-state index contributed by atoms with van der Waals surface area (Å²) in [4.78, 5) is 10.8. The summed E-state index contributed by atoms with van der Waals surface area (Å²) < 4.78 is 17.4. The molecule has 1 aromatic rings. The van der Waals surface area contributed by atoms with Gasteiger partial charge >= 0.3 is 5.97 Å². The molecule has 1 unspecified atom stereocenters. The van der Waals surface area contributed by atoms with Crippen LogP contribution in [0.5, 0.6) is 0 Å². The van der Waals surface area contributed by atoms with Crippen LogP contribution in [0.1, 0.15) is 5.56 Å². The lowest BCUT2D eigenvalue weighted by Crippen LogP contribution is -2.19. The number of methoxy groups -OCH3 is 1. The largest absolute Gasteiger partial charge is 0.467 e. The van der Waals surface area contributed by atoms with Gasteiger partial charge in [-0.1, -0.05) is 12.1 Å². The first-order chi connectivity index (χ1) is 6.63. The van der Waals surface area contributed by atoms with E-state index in [1.165, 1.54) is 0 Å². The zero-order chi connectivity index (χ0) is 10.6. The van der Waals surface area contributed by atoms with Crippen molar-refractivity contribution in [2.24, 2.45) is 0 Å². The molecule has 3 nitrogen and oxygen atoms in total. The summed E-state index contributed by atoms with van der Waals surface area (Å²) in [5.41, 5.74) is 6.74. The third kappa shape index (κ3) is 2.73. The smallest absolute Gasteiger partial charge is 0.340 e. The number of anilines is 1. The molecule has 0 spiro atoms. The first-order valence-electron chi connectivity index (χ1n) is 4.20. The number of alkyl halides is 1. The van der Waals surface area contributed by atoms with E-state index < -0.39 is 12.1 Å². The van der Waals surface area contributed by atoms with Gasteiger partial charge in [-0.3, -0.25) is 0 Å². The molecule has 0 aliphatic carbocycles. The molecule has 1 aromatic carbocycles. The maximum Gasteiger partial charge on any atom is 0.340 e. The van der Waals surface area contributed by atoms with Gasteiger partial charge in [-0.05, 0) is 17.7 Å². The molecule has 1 atom stereocenters. The maximum atomic E-state index is 13.1. The molecule has 14 heavy (non-hydrogen) atoms. The van der Waals surface area contributed by atoms with Gasteiger partial charge in [0.15, 0.2) is 0 Å². The van der Waals surface area contributed by atoms with Crippen LogP contribution in [-0.2, 0) is 16.0 Å². The Balaban J connectivity index is 2.64. The Morgan fingerprint density at radius 1 is 1.64 bits per heavy atom. The van der Waals surface area contributed by atoms with Crippen LogP contribution in [0.2, 0.25) is 0 Å². The molecular formula is C10H12FNO2. The molecule has 0 aromatic heterocycles. The number of esters is 1. The third-order valence-corrected chi connectivity index (χ3v) is 1.82. The van der Waals surface area contributed by atoms with Gasteiger partial charge in [-0.2, -0.15) is 0 Å². The highest BCUT2D eigenvalue weighted by atomic mass is 19.1. The number of benzene rings is 1. The van der Waals surface area contributed by atoms with Gasteiger partial charge in [0, 0.05) is 12.1 Å². The van der Waals surface area contributed by atoms with Crippen LogP contribution in [0.4, 0.5) is 10.1 Å². The monoisotopic (exact) mass is 197 g/mol. The lowest BCUT2D eigenvalue weighted by molar-refractivity contribution is -0.146. The summed E-state index contributed by atoms with van der Waals surface area (Å²) >= 11 is 0. The molecule has 0 amide bonds. The normalized spacial score (nSPS) is 12.1. The van der Waals surface area contributed by atoms with Crippen molar-refractivity contribution in [3.8, 4) is 0 Å². The number of hydrogen-bond acceptors (Lipinski definition) is 3. The number of carbonyl (C=O) groups is 1. The average Bonchev–Trinajstić information content (AvgIpc) is 2.16. The number of ether oxygens (including phenoxy) is 1. The first-order valence-corrected chi connectivity index (χ1v) is 4.20. The number of carbonyl (C=O) groups excluding carboxylic acids is 1. The number of nitrogen functional groups attached to an aromatic ring is 1. The van der Waals surface area contributed by atoms with Crippen LogP contribution in [0.25, 0.3) is 0 Å². The summed E-state index contributed by atoms with van der Waals surface area (Å²) in [6.45, 7) is 0. The van der Waals surface area contributed by atoms with Gasteiger partial charge in [0.1, 0.15) is 0 Å². The molecule has 0 fully saturated rings. The van der Waals surface area contributed by atoms with E-state index in [1.807, 2.05) is 0 Å². The van der Waals surface area contributed by atoms with Crippen LogP contribution < -0.4 is 5.73 Å². The number of rotatable bonds is 3. The van der Waals surface area contributed by atoms with E-state index in [4.69, 9.17) is 5.73 Å². The average molecular weight is 197 g/mol. The van der Waals surface area contributed by atoms with Crippen molar-refractivity contribution in [2.75, 3.05) is 12.8 Å². The van der Waals surface area contributed by atoms with Gasteiger partial charge in [0.2, 0.25) is 6.17 Å². The molecule has 0 saturated carbocycles. The molecule has 0 saturated heterocycles. The van der Waals surface area contributed by atoms with Gasteiger partial charge in [0.05, 0.1) is 7.11 Å². The highest BCUT2D eigenvalue weighted by molar-refractivity contribution is 5.74. The van der Waals surface area contributed by atoms with E-state index in [2.05, 4.69) is 4.74 Å². The van der Waals surface area contributed by atoms with Crippen molar-refractivity contribution in [3.63, 3.8) is 0 Å². The highest BCUT2D eigenvalue weighted by Gasteiger charge is 2.17. The molecule has 4 heteroatoms. The Morgan fingerprint density at radius 2 is 2.36 bits per heavy atom. The topological polar surface area (TPSA) is 52.3 Å². The van der Waals surface area contributed by atoms with Crippen LogP contribution in [0, 0.1) is 0 Å². The second kappa shape index (κ2) is 4.60. The number of nitrogens with two attached hydrogens (primary N) is 1. The second-order valence-corrected chi connectivity index (χ2v) is 2.94. The van der Waals surface area contributed by atoms with E-state index >= 15 is 0 Å². The second-order valence-electron chi connectivity index (χ2n) is 2.94. The van der Waals surface area contributed by atoms with Gasteiger partial charge in [-0.15, -0.1) is 0 Å².